The van der Waals surface area contributed by atoms with Gasteiger partial charge in [-0.05, 0) is 18.5 Å². The monoisotopic (exact) mass is 260 g/mol. The van der Waals surface area contributed by atoms with Gasteiger partial charge in [-0.1, -0.05) is 11.6 Å². The van der Waals surface area contributed by atoms with Crippen LogP contribution in [0.3, 0.4) is 0 Å². The van der Waals surface area contributed by atoms with E-state index >= 15 is 0 Å². The Morgan fingerprint density at radius 3 is 2.65 bits per heavy atom. The summed E-state index contributed by atoms with van der Waals surface area (Å²) in [6, 6.07) is 1.81. The van der Waals surface area contributed by atoms with E-state index in [1.165, 1.54) is 4.90 Å². The standard InChI is InChI=1S/C11H11ClF2N2O/c12-7-2-8(13)9(14)3-10(7)16-5-6(4-15)1-11(16)17/h2-3,6H,1,4-5,15H2. The van der Waals surface area contributed by atoms with Crippen LogP contribution in [0.5, 0.6) is 0 Å². The summed E-state index contributed by atoms with van der Waals surface area (Å²) in [4.78, 5) is 13.0. The van der Waals surface area contributed by atoms with Gasteiger partial charge in [-0.25, -0.2) is 8.78 Å². The maximum absolute atomic E-state index is 13.1. The summed E-state index contributed by atoms with van der Waals surface area (Å²) in [6.07, 6.45) is 0.311. The molecule has 1 aromatic carbocycles. The number of rotatable bonds is 2. The molecule has 1 aliphatic rings. The predicted molar refractivity (Wildman–Crippen MR) is 60.9 cm³/mol. The van der Waals surface area contributed by atoms with Gasteiger partial charge in [0.25, 0.3) is 0 Å². The lowest BCUT2D eigenvalue weighted by atomic mass is 10.1. The zero-order valence-corrected chi connectivity index (χ0v) is 9.68. The highest BCUT2D eigenvalue weighted by Gasteiger charge is 2.31. The molecule has 2 rings (SSSR count). The van der Waals surface area contributed by atoms with Crippen LogP contribution in [0.4, 0.5) is 14.5 Å². The van der Waals surface area contributed by atoms with E-state index in [2.05, 4.69) is 0 Å². The van der Waals surface area contributed by atoms with Crippen molar-refractivity contribution in [2.24, 2.45) is 11.7 Å². The maximum atomic E-state index is 13.1. The van der Waals surface area contributed by atoms with E-state index in [0.717, 1.165) is 12.1 Å². The van der Waals surface area contributed by atoms with Crippen molar-refractivity contribution in [3.8, 4) is 0 Å². The first-order valence-corrected chi connectivity index (χ1v) is 5.55. The molecule has 6 heteroatoms. The number of hydrogen-bond acceptors (Lipinski definition) is 2. The lowest BCUT2D eigenvalue weighted by Crippen LogP contribution is -2.26. The molecule has 1 aromatic rings. The lowest BCUT2D eigenvalue weighted by molar-refractivity contribution is -0.117. The second kappa shape index (κ2) is 4.58. The molecule has 3 nitrogen and oxygen atoms in total. The summed E-state index contributed by atoms with van der Waals surface area (Å²) < 4.78 is 26.0. The summed E-state index contributed by atoms with van der Waals surface area (Å²) >= 11 is 5.81. The molecule has 1 saturated heterocycles. The van der Waals surface area contributed by atoms with Crippen molar-refractivity contribution in [2.45, 2.75) is 6.42 Å². The molecule has 1 amide bonds. The molecule has 1 unspecified atom stereocenters. The first-order valence-electron chi connectivity index (χ1n) is 5.18. The van der Waals surface area contributed by atoms with Crippen molar-refractivity contribution in [3.63, 3.8) is 0 Å². The molecule has 1 heterocycles. The molecule has 2 N–H and O–H groups in total. The fourth-order valence-electron chi connectivity index (χ4n) is 1.89. The smallest absolute Gasteiger partial charge is 0.227 e. The minimum atomic E-state index is -1.03. The van der Waals surface area contributed by atoms with E-state index in [-0.39, 0.29) is 22.5 Å². The van der Waals surface area contributed by atoms with E-state index in [9.17, 15) is 13.6 Å². The Kier molecular flexibility index (Phi) is 3.31. The fourth-order valence-corrected chi connectivity index (χ4v) is 2.14. The average Bonchev–Trinajstić information content (AvgIpc) is 2.65. The Bertz CT molecular complexity index is 467. The quantitative estimate of drug-likeness (QED) is 0.826. The highest BCUT2D eigenvalue weighted by Crippen LogP contribution is 2.32. The maximum Gasteiger partial charge on any atom is 0.227 e. The summed E-state index contributed by atoms with van der Waals surface area (Å²) in [5.41, 5.74) is 5.68. The van der Waals surface area contributed by atoms with Gasteiger partial charge in [-0.2, -0.15) is 0 Å². The van der Waals surface area contributed by atoms with Crippen molar-refractivity contribution in [1.82, 2.24) is 0 Å². The number of carbonyl (C=O) groups excluding carboxylic acids is 1. The second-order valence-electron chi connectivity index (χ2n) is 4.03. The van der Waals surface area contributed by atoms with Crippen LogP contribution in [0, 0.1) is 17.6 Å². The Morgan fingerprint density at radius 1 is 1.41 bits per heavy atom. The van der Waals surface area contributed by atoms with Crippen LogP contribution in [0.1, 0.15) is 6.42 Å². The highest BCUT2D eigenvalue weighted by atomic mass is 35.5. The van der Waals surface area contributed by atoms with Crippen molar-refractivity contribution in [1.29, 1.82) is 0 Å². The van der Waals surface area contributed by atoms with Crippen LogP contribution in [-0.4, -0.2) is 19.0 Å². The van der Waals surface area contributed by atoms with Crippen LogP contribution in [-0.2, 0) is 4.79 Å². The molecule has 0 spiro atoms. The molecular formula is C11H11ClF2N2O. The molecule has 92 valence electrons. The second-order valence-corrected chi connectivity index (χ2v) is 4.44. The lowest BCUT2D eigenvalue weighted by Gasteiger charge is -2.18. The third-order valence-electron chi connectivity index (χ3n) is 2.82. The van der Waals surface area contributed by atoms with E-state index in [1.807, 2.05) is 0 Å². The number of nitrogens with zero attached hydrogens (tertiary/aromatic N) is 1. The Balaban J connectivity index is 2.35. The molecular weight excluding hydrogens is 250 g/mol. The highest BCUT2D eigenvalue weighted by molar-refractivity contribution is 6.33. The largest absolute Gasteiger partial charge is 0.330 e. The van der Waals surface area contributed by atoms with Crippen LogP contribution in [0.25, 0.3) is 0 Å². The zero-order chi connectivity index (χ0) is 12.6. The van der Waals surface area contributed by atoms with Gasteiger partial charge >= 0.3 is 0 Å². The molecule has 17 heavy (non-hydrogen) atoms. The Labute approximate surface area is 102 Å². The average molecular weight is 261 g/mol. The van der Waals surface area contributed by atoms with E-state index in [1.54, 1.807) is 0 Å². The van der Waals surface area contributed by atoms with E-state index in [4.69, 9.17) is 17.3 Å². The molecule has 1 aliphatic heterocycles. The summed E-state index contributed by atoms with van der Waals surface area (Å²) in [5, 5.41) is 0.0231. The van der Waals surface area contributed by atoms with Crippen LogP contribution in [0.2, 0.25) is 5.02 Å². The first kappa shape index (κ1) is 12.3. The van der Waals surface area contributed by atoms with Gasteiger partial charge in [-0.3, -0.25) is 4.79 Å². The van der Waals surface area contributed by atoms with Gasteiger partial charge in [0.1, 0.15) is 0 Å². The first-order chi connectivity index (χ1) is 8.02. The number of nitrogens with two attached hydrogens (primary N) is 1. The molecule has 0 radical (unpaired) electrons. The van der Waals surface area contributed by atoms with Crippen LogP contribution in [0.15, 0.2) is 12.1 Å². The number of hydrogen-bond donors (Lipinski definition) is 1. The van der Waals surface area contributed by atoms with Crippen molar-refractivity contribution < 1.29 is 13.6 Å². The van der Waals surface area contributed by atoms with Gasteiger partial charge in [0, 0.05) is 19.0 Å². The molecule has 0 aliphatic carbocycles. The van der Waals surface area contributed by atoms with Gasteiger partial charge < -0.3 is 10.6 Å². The minimum absolute atomic E-state index is 0.0231. The summed E-state index contributed by atoms with van der Waals surface area (Å²) in [6.45, 7) is 0.768. The van der Waals surface area contributed by atoms with Gasteiger partial charge in [0.15, 0.2) is 11.6 Å². The molecule has 0 bridgehead atoms. The van der Waals surface area contributed by atoms with Crippen molar-refractivity contribution in [3.05, 3.63) is 28.8 Å². The fraction of sp³-hybridized carbons (Fsp3) is 0.364. The SMILES string of the molecule is NCC1CC(=O)N(c2cc(F)c(F)cc2Cl)C1. The zero-order valence-electron chi connectivity index (χ0n) is 8.92. The third-order valence-corrected chi connectivity index (χ3v) is 3.12. The summed E-state index contributed by atoms with van der Waals surface area (Å²) in [5.74, 6) is -2.19. The number of anilines is 1. The number of halogens is 3. The van der Waals surface area contributed by atoms with Gasteiger partial charge in [-0.15, -0.1) is 0 Å². The number of amides is 1. The van der Waals surface area contributed by atoms with Gasteiger partial charge in [0.2, 0.25) is 5.91 Å². The molecule has 0 saturated carbocycles. The Morgan fingerprint density at radius 2 is 2.06 bits per heavy atom. The van der Waals surface area contributed by atoms with E-state index < -0.39 is 11.6 Å². The number of carbonyl (C=O) groups is 1. The molecule has 1 fully saturated rings. The normalized spacial score (nSPS) is 20.1. The van der Waals surface area contributed by atoms with Crippen LogP contribution >= 0.6 is 11.6 Å². The van der Waals surface area contributed by atoms with Gasteiger partial charge in [0.05, 0.1) is 10.7 Å². The van der Waals surface area contributed by atoms with Crippen molar-refractivity contribution >= 4 is 23.2 Å². The molecule has 0 aromatic heterocycles. The molecule has 1 atom stereocenters. The minimum Gasteiger partial charge on any atom is -0.330 e. The predicted octanol–water partition coefficient (Wildman–Crippen LogP) is 1.93. The van der Waals surface area contributed by atoms with E-state index in [0.29, 0.717) is 19.5 Å². The number of benzene rings is 1. The summed E-state index contributed by atoms with van der Waals surface area (Å²) in [7, 11) is 0. The van der Waals surface area contributed by atoms with Crippen molar-refractivity contribution in [2.75, 3.05) is 18.0 Å². The Hall–Kier alpha value is -1.20. The topological polar surface area (TPSA) is 46.3 Å². The van der Waals surface area contributed by atoms with Crippen LogP contribution < -0.4 is 10.6 Å². The third kappa shape index (κ3) is 2.25.